The summed E-state index contributed by atoms with van der Waals surface area (Å²) in [5.74, 6) is 0. The fourth-order valence-corrected chi connectivity index (χ4v) is 4.21. The van der Waals surface area contributed by atoms with Crippen molar-refractivity contribution in [3.63, 3.8) is 0 Å². The monoisotopic (exact) mass is 396 g/mol. The maximum Gasteiger partial charge on any atom is 0.495 e. The lowest BCUT2D eigenvalue weighted by molar-refractivity contribution is 0.0842. The van der Waals surface area contributed by atoms with E-state index in [4.69, 9.17) is 9.31 Å². The van der Waals surface area contributed by atoms with Crippen LogP contribution in [-0.2, 0) is 9.31 Å². The van der Waals surface area contributed by atoms with Gasteiger partial charge in [-0.1, -0.05) is 92.7 Å². The molecule has 4 aromatic rings. The van der Waals surface area contributed by atoms with Crippen molar-refractivity contribution in [2.75, 3.05) is 0 Å². The van der Waals surface area contributed by atoms with E-state index >= 15 is 0 Å². The standard InChI is InChI=1S/C25H23BO2.C2H6/c1-17-25(2,3)28-26(27-17)24-21-15-9-7-13-19(21)23(18-11-5-4-6-12-18)20-14-8-10-16-22(20)24;1-2/h4-17H,1-3H3;1-2H3. The maximum absolute atomic E-state index is 6.39. The van der Waals surface area contributed by atoms with E-state index in [9.17, 15) is 0 Å². The Kier molecular flexibility index (Phi) is 5.68. The third-order valence-electron chi connectivity index (χ3n) is 5.99. The van der Waals surface area contributed by atoms with E-state index in [1.165, 1.54) is 32.7 Å². The molecule has 2 nitrogen and oxygen atoms in total. The number of fused-ring (bicyclic) bond motifs is 2. The van der Waals surface area contributed by atoms with Gasteiger partial charge in [-0.15, -0.1) is 0 Å². The van der Waals surface area contributed by atoms with Crippen LogP contribution in [0.2, 0.25) is 0 Å². The second-order valence-electron chi connectivity index (χ2n) is 8.08. The predicted molar refractivity (Wildman–Crippen MR) is 129 cm³/mol. The largest absolute Gasteiger partial charge is 0.495 e. The van der Waals surface area contributed by atoms with Crippen LogP contribution < -0.4 is 5.46 Å². The van der Waals surface area contributed by atoms with E-state index in [0.29, 0.717) is 0 Å². The first-order valence-electron chi connectivity index (χ1n) is 10.9. The zero-order valence-corrected chi connectivity index (χ0v) is 18.5. The summed E-state index contributed by atoms with van der Waals surface area (Å²) in [6.45, 7) is 10.3. The van der Waals surface area contributed by atoms with Crippen LogP contribution in [0.3, 0.4) is 0 Å². The second kappa shape index (κ2) is 8.25. The lowest BCUT2D eigenvalue weighted by Gasteiger charge is -2.22. The van der Waals surface area contributed by atoms with E-state index in [0.717, 1.165) is 5.46 Å². The Morgan fingerprint density at radius 2 is 1.17 bits per heavy atom. The molecule has 0 N–H and O–H groups in total. The number of benzene rings is 4. The molecule has 3 heteroatoms. The maximum atomic E-state index is 6.39. The first kappa shape index (κ1) is 20.6. The van der Waals surface area contributed by atoms with Crippen molar-refractivity contribution in [3.8, 4) is 11.1 Å². The lowest BCUT2D eigenvalue weighted by Crippen LogP contribution is -2.36. The Balaban J connectivity index is 0.00000106. The van der Waals surface area contributed by atoms with Gasteiger partial charge in [0.05, 0.1) is 11.7 Å². The molecular weight excluding hydrogens is 367 g/mol. The highest BCUT2D eigenvalue weighted by atomic mass is 16.7. The number of hydrogen-bond acceptors (Lipinski definition) is 2. The molecule has 30 heavy (non-hydrogen) atoms. The molecule has 1 fully saturated rings. The van der Waals surface area contributed by atoms with Gasteiger partial charge in [0.1, 0.15) is 0 Å². The highest BCUT2D eigenvalue weighted by molar-refractivity contribution is 6.68. The minimum atomic E-state index is -0.371. The van der Waals surface area contributed by atoms with Crippen LogP contribution >= 0.6 is 0 Å². The molecule has 1 aliphatic rings. The topological polar surface area (TPSA) is 18.5 Å². The van der Waals surface area contributed by atoms with Crippen LogP contribution in [0.5, 0.6) is 0 Å². The van der Waals surface area contributed by atoms with E-state index in [-0.39, 0.29) is 18.8 Å². The van der Waals surface area contributed by atoms with Gasteiger partial charge in [-0.25, -0.2) is 0 Å². The smallest absolute Gasteiger partial charge is 0.402 e. The molecule has 0 amide bonds. The van der Waals surface area contributed by atoms with Gasteiger partial charge in [-0.2, -0.15) is 0 Å². The molecule has 1 atom stereocenters. The van der Waals surface area contributed by atoms with E-state index < -0.39 is 0 Å². The molecule has 1 saturated heterocycles. The summed E-state index contributed by atoms with van der Waals surface area (Å²) >= 11 is 0. The molecule has 1 heterocycles. The van der Waals surface area contributed by atoms with Crippen molar-refractivity contribution in [3.05, 3.63) is 78.9 Å². The Morgan fingerprint density at radius 3 is 1.63 bits per heavy atom. The number of hydrogen-bond donors (Lipinski definition) is 0. The Labute approximate surface area is 180 Å². The quantitative estimate of drug-likeness (QED) is 0.281. The van der Waals surface area contributed by atoms with Crippen LogP contribution in [0.25, 0.3) is 32.7 Å². The van der Waals surface area contributed by atoms with Crippen molar-refractivity contribution < 1.29 is 9.31 Å². The van der Waals surface area contributed by atoms with Gasteiger partial charge in [0.25, 0.3) is 0 Å². The molecule has 0 saturated carbocycles. The van der Waals surface area contributed by atoms with Gasteiger partial charge in [-0.05, 0) is 58.9 Å². The van der Waals surface area contributed by atoms with E-state index in [1.54, 1.807) is 0 Å². The van der Waals surface area contributed by atoms with Gasteiger partial charge in [0, 0.05) is 0 Å². The summed E-state index contributed by atoms with van der Waals surface area (Å²) in [5.41, 5.74) is 3.30. The SMILES string of the molecule is CC.CC1OB(c2c3ccccc3c(-c3ccccc3)c3ccccc23)OC1(C)C. The first-order valence-corrected chi connectivity index (χ1v) is 10.9. The van der Waals surface area contributed by atoms with Crippen LogP contribution in [0, 0.1) is 0 Å². The van der Waals surface area contributed by atoms with Gasteiger partial charge in [-0.3, -0.25) is 0 Å². The minimum absolute atomic E-state index is 0.0313. The third-order valence-corrected chi connectivity index (χ3v) is 5.99. The average Bonchev–Trinajstić information content (AvgIpc) is 3.05. The molecular formula is C27H29BO2. The zero-order valence-electron chi connectivity index (χ0n) is 18.5. The van der Waals surface area contributed by atoms with Gasteiger partial charge in [0.15, 0.2) is 0 Å². The summed E-state index contributed by atoms with van der Waals surface area (Å²) in [5, 5.41) is 4.84. The molecule has 0 radical (unpaired) electrons. The molecule has 0 aromatic heterocycles. The van der Waals surface area contributed by atoms with Crippen LogP contribution in [-0.4, -0.2) is 18.8 Å². The summed E-state index contributed by atoms with van der Waals surface area (Å²) in [7, 11) is -0.371. The molecule has 0 aliphatic carbocycles. The van der Waals surface area contributed by atoms with Gasteiger partial charge in [0.2, 0.25) is 0 Å². The highest BCUT2D eigenvalue weighted by Gasteiger charge is 2.45. The summed E-state index contributed by atoms with van der Waals surface area (Å²) in [6.07, 6.45) is 0.0313. The fraction of sp³-hybridized carbons (Fsp3) is 0.259. The molecule has 1 aliphatic heterocycles. The zero-order chi connectivity index (χ0) is 21.3. The molecule has 4 aromatic carbocycles. The normalized spacial score (nSPS) is 17.8. The van der Waals surface area contributed by atoms with Crippen LogP contribution in [0.4, 0.5) is 0 Å². The Bertz CT molecular complexity index is 1110. The summed E-state index contributed by atoms with van der Waals surface area (Å²) in [4.78, 5) is 0. The van der Waals surface area contributed by atoms with Gasteiger partial charge >= 0.3 is 7.12 Å². The minimum Gasteiger partial charge on any atom is -0.402 e. The molecule has 5 rings (SSSR count). The molecule has 152 valence electrons. The van der Waals surface area contributed by atoms with Crippen LogP contribution in [0.15, 0.2) is 78.9 Å². The first-order chi connectivity index (χ1) is 14.6. The fourth-order valence-electron chi connectivity index (χ4n) is 4.21. The summed E-state index contributed by atoms with van der Waals surface area (Å²) in [6, 6.07) is 27.8. The van der Waals surface area contributed by atoms with Crippen molar-refractivity contribution in [2.24, 2.45) is 0 Å². The molecule has 0 bridgehead atoms. The summed E-state index contributed by atoms with van der Waals surface area (Å²) < 4.78 is 12.7. The third kappa shape index (κ3) is 3.43. The van der Waals surface area contributed by atoms with Crippen molar-refractivity contribution in [1.82, 2.24) is 0 Å². The van der Waals surface area contributed by atoms with E-state index in [2.05, 4.69) is 99.6 Å². The number of rotatable bonds is 2. The molecule has 1 unspecified atom stereocenters. The molecule has 0 spiro atoms. The average molecular weight is 396 g/mol. The van der Waals surface area contributed by atoms with Crippen molar-refractivity contribution in [2.45, 2.75) is 46.3 Å². The van der Waals surface area contributed by atoms with Crippen LogP contribution in [0.1, 0.15) is 34.6 Å². The highest BCUT2D eigenvalue weighted by Crippen LogP contribution is 2.37. The lowest BCUT2D eigenvalue weighted by atomic mass is 9.71. The van der Waals surface area contributed by atoms with Gasteiger partial charge < -0.3 is 9.31 Å². The predicted octanol–water partition coefficient (Wildman–Crippen LogP) is 6.60. The Morgan fingerprint density at radius 1 is 0.700 bits per heavy atom. The van der Waals surface area contributed by atoms with Crippen molar-refractivity contribution >= 4 is 34.1 Å². The van der Waals surface area contributed by atoms with Crippen molar-refractivity contribution in [1.29, 1.82) is 0 Å². The Hall–Kier alpha value is -2.62. The van der Waals surface area contributed by atoms with E-state index in [1.807, 2.05) is 13.8 Å². The second-order valence-corrected chi connectivity index (χ2v) is 8.08.